The van der Waals surface area contributed by atoms with Crippen LogP contribution >= 0.6 is 0 Å². The summed E-state index contributed by atoms with van der Waals surface area (Å²) in [6.07, 6.45) is 3.14. The molecule has 0 aromatic heterocycles. The van der Waals surface area contributed by atoms with Crippen molar-refractivity contribution in [2.45, 2.75) is 26.2 Å². The molecule has 0 N–H and O–H groups in total. The van der Waals surface area contributed by atoms with Crippen LogP contribution in [0.3, 0.4) is 0 Å². The number of hydrogen-bond acceptors (Lipinski definition) is 2. The van der Waals surface area contributed by atoms with Gasteiger partial charge in [0.1, 0.15) is 0 Å². The van der Waals surface area contributed by atoms with Crippen LogP contribution < -0.4 is 0 Å². The Morgan fingerprint density at radius 1 is 1.29 bits per heavy atom. The van der Waals surface area contributed by atoms with Crippen molar-refractivity contribution >= 4 is 5.91 Å². The van der Waals surface area contributed by atoms with E-state index in [1.165, 1.54) is 25.9 Å². The third-order valence-electron chi connectivity index (χ3n) is 3.72. The summed E-state index contributed by atoms with van der Waals surface area (Å²) in [5.74, 6) is 0.330. The SMILES string of the molecule is CCC(=O)N1CCC2(CCN(C)C2)C1. The van der Waals surface area contributed by atoms with Crippen LogP contribution in [0.25, 0.3) is 0 Å². The van der Waals surface area contributed by atoms with Gasteiger partial charge >= 0.3 is 0 Å². The molecule has 0 aromatic rings. The first-order valence-electron chi connectivity index (χ1n) is 5.61. The Morgan fingerprint density at radius 3 is 2.57 bits per heavy atom. The Balaban J connectivity index is 1.97. The normalized spacial score (nSPS) is 33.1. The van der Waals surface area contributed by atoms with Gasteiger partial charge in [0, 0.05) is 31.5 Å². The maximum atomic E-state index is 11.5. The molecule has 2 heterocycles. The lowest BCUT2D eigenvalue weighted by molar-refractivity contribution is -0.130. The number of hydrogen-bond donors (Lipinski definition) is 0. The van der Waals surface area contributed by atoms with Gasteiger partial charge in [-0.3, -0.25) is 4.79 Å². The summed E-state index contributed by atoms with van der Waals surface area (Å²) in [5.41, 5.74) is 0.444. The highest BCUT2D eigenvalue weighted by Gasteiger charge is 2.43. The van der Waals surface area contributed by atoms with Crippen LogP contribution in [0, 0.1) is 5.41 Å². The molecule has 3 heteroatoms. The fourth-order valence-corrected chi connectivity index (χ4v) is 2.86. The average molecular weight is 196 g/mol. The van der Waals surface area contributed by atoms with Crippen LogP contribution in [-0.2, 0) is 4.79 Å². The Labute approximate surface area is 86.1 Å². The molecule has 3 nitrogen and oxygen atoms in total. The van der Waals surface area contributed by atoms with Crippen LogP contribution in [-0.4, -0.2) is 48.9 Å². The van der Waals surface area contributed by atoms with Crippen LogP contribution in [0.5, 0.6) is 0 Å². The van der Waals surface area contributed by atoms with Gasteiger partial charge in [-0.2, -0.15) is 0 Å². The topological polar surface area (TPSA) is 23.6 Å². The van der Waals surface area contributed by atoms with E-state index in [1.807, 2.05) is 6.92 Å². The van der Waals surface area contributed by atoms with E-state index in [0.717, 1.165) is 13.1 Å². The number of rotatable bonds is 1. The van der Waals surface area contributed by atoms with Crippen molar-refractivity contribution in [3.8, 4) is 0 Å². The van der Waals surface area contributed by atoms with Gasteiger partial charge in [0.25, 0.3) is 0 Å². The van der Waals surface area contributed by atoms with E-state index >= 15 is 0 Å². The van der Waals surface area contributed by atoms with E-state index < -0.39 is 0 Å². The Hall–Kier alpha value is -0.570. The number of likely N-dealkylation sites (tertiary alicyclic amines) is 2. The highest BCUT2D eigenvalue weighted by molar-refractivity contribution is 5.76. The van der Waals surface area contributed by atoms with Crippen LogP contribution in [0.15, 0.2) is 0 Å². The molecule has 0 saturated carbocycles. The lowest BCUT2D eigenvalue weighted by atomic mass is 9.86. The van der Waals surface area contributed by atoms with Gasteiger partial charge in [-0.05, 0) is 26.4 Å². The number of carbonyl (C=O) groups is 1. The molecular formula is C11H20N2O. The van der Waals surface area contributed by atoms with Gasteiger partial charge in [-0.25, -0.2) is 0 Å². The van der Waals surface area contributed by atoms with Crippen molar-refractivity contribution < 1.29 is 4.79 Å². The third-order valence-corrected chi connectivity index (χ3v) is 3.72. The molecule has 14 heavy (non-hydrogen) atoms. The zero-order valence-electron chi connectivity index (χ0n) is 9.25. The lowest BCUT2D eigenvalue weighted by Crippen LogP contribution is -2.33. The summed E-state index contributed by atoms with van der Waals surface area (Å²) < 4.78 is 0. The molecule has 2 saturated heterocycles. The van der Waals surface area contributed by atoms with Crippen molar-refractivity contribution in [1.29, 1.82) is 0 Å². The molecule has 2 rings (SSSR count). The number of carbonyl (C=O) groups excluding carboxylic acids is 1. The quantitative estimate of drug-likeness (QED) is 0.623. The van der Waals surface area contributed by atoms with E-state index in [9.17, 15) is 4.79 Å². The Morgan fingerprint density at radius 2 is 2.00 bits per heavy atom. The molecule has 2 aliphatic rings. The van der Waals surface area contributed by atoms with Gasteiger partial charge in [0.15, 0.2) is 0 Å². The maximum Gasteiger partial charge on any atom is 0.222 e. The standard InChI is InChI=1S/C11H20N2O/c1-3-10(14)13-7-5-11(9-13)4-6-12(2)8-11/h3-9H2,1-2H3. The minimum Gasteiger partial charge on any atom is -0.342 e. The molecule has 80 valence electrons. The van der Waals surface area contributed by atoms with Crippen molar-refractivity contribution in [3.63, 3.8) is 0 Å². The predicted octanol–water partition coefficient (Wildman–Crippen LogP) is 0.951. The average Bonchev–Trinajstić information content (AvgIpc) is 2.74. The van der Waals surface area contributed by atoms with Crippen molar-refractivity contribution in [3.05, 3.63) is 0 Å². The maximum absolute atomic E-state index is 11.5. The van der Waals surface area contributed by atoms with Crippen molar-refractivity contribution in [1.82, 2.24) is 9.80 Å². The first-order chi connectivity index (χ1) is 6.65. The van der Waals surface area contributed by atoms with Crippen molar-refractivity contribution in [2.24, 2.45) is 5.41 Å². The van der Waals surface area contributed by atoms with E-state index in [1.54, 1.807) is 0 Å². The summed E-state index contributed by atoms with van der Waals surface area (Å²) in [5, 5.41) is 0. The minimum atomic E-state index is 0.330. The van der Waals surface area contributed by atoms with Crippen molar-refractivity contribution in [2.75, 3.05) is 33.2 Å². The first kappa shape index (κ1) is 9.97. The van der Waals surface area contributed by atoms with Crippen LogP contribution in [0.2, 0.25) is 0 Å². The van der Waals surface area contributed by atoms with E-state index in [4.69, 9.17) is 0 Å². The number of amides is 1. The lowest BCUT2D eigenvalue weighted by Gasteiger charge is -2.23. The molecule has 1 spiro atoms. The third kappa shape index (κ3) is 1.65. The van der Waals surface area contributed by atoms with Gasteiger partial charge in [0.05, 0.1) is 0 Å². The second-order valence-electron chi connectivity index (χ2n) is 4.91. The Kier molecular flexibility index (Phi) is 2.52. The monoisotopic (exact) mass is 196 g/mol. The molecule has 0 radical (unpaired) electrons. The Bertz CT molecular complexity index is 241. The summed E-state index contributed by atoms with van der Waals surface area (Å²) >= 11 is 0. The van der Waals surface area contributed by atoms with E-state index in [-0.39, 0.29) is 0 Å². The molecular weight excluding hydrogens is 176 g/mol. The second-order valence-corrected chi connectivity index (χ2v) is 4.91. The van der Waals surface area contributed by atoms with E-state index in [2.05, 4.69) is 16.8 Å². The van der Waals surface area contributed by atoms with Gasteiger partial charge in [0.2, 0.25) is 5.91 Å². The first-order valence-corrected chi connectivity index (χ1v) is 5.61. The highest BCUT2D eigenvalue weighted by atomic mass is 16.2. The van der Waals surface area contributed by atoms with Gasteiger partial charge in [-0.1, -0.05) is 6.92 Å². The summed E-state index contributed by atoms with van der Waals surface area (Å²) in [4.78, 5) is 16.0. The van der Waals surface area contributed by atoms with Gasteiger partial charge in [-0.15, -0.1) is 0 Å². The summed E-state index contributed by atoms with van der Waals surface area (Å²) in [7, 11) is 2.18. The highest BCUT2D eigenvalue weighted by Crippen LogP contribution is 2.38. The zero-order chi connectivity index (χ0) is 10.2. The van der Waals surface area contributed by atoms with Crippen LogP contribution in [0.4, 0.5) is 0 Å². The summed E-state index contributed by atoms with van der Waals surface area (Å²) in [6, 6.07) is 0. The summed E-state index contributed by atoms with van der Waals surface area (Å²) in [6.45, 7) is 6.33. The molecule has 1 atom stereocenters. The predicted molar refractivity (Wildman–Crippen MR) is 56.0 cm³/mol. The van der Waals surface area contributed by atoms with Gasteiger partial charge < -0.3 is 9.80 Å². The molecule has 2 fully saturated rings. The van der Waals surface area contributed by atoms with E-state index in [0.29, 0.717) is 17.7 Å². The molecule has 2 aliphatic heterocycles. The molecule has 1 unspecified atom stereocenters. The fourth-order valence-electron chi connectivity index (χ4n) is 2.86. The zero-order valence-corrected chi connectivity index (χ0v) is 9.25. The fraction of sp³-hybridized carbons (Fsp3) is 0.909. The second kappa shape index (κ2) is 3.54. The smallest absolute Gasteiger partial charge is 0.222 e. The molecule has 0 aliphatic carbocycles. The minimum absolute atomic E-state index is 0.330. The molecule has 1 amide bonds. The largest absolute Gasteiger partial charge is 0.342 e. The molecule has 0 bridgehead atoms. The number of nitrogens with zero attached hydrogens (tertiary/aromatic N) is 2. The molecule has 0 aromatic carbocycles. The van der Waals surface area contributed by atoms with Crippen LogP contribution in [0.1, 0.15) is 26.2 Å².